The second-order valence-electron chi connectivity index (χ2n) is 5.91. The second-order valence-corrected chi connectivity index (χ2v) is 6.92. The van der Waals surface area contributed by atoms with Crippen LogP contribution in [0.4, 0.5) is 0 Å². The van der Waals surface area contributed by atoms with Gasteiger partial charge in [0.1, 0.15) is 6.04 Å². The maximum atomic E-state index is 12.1. The van der Waals surface area contributed by atoms with Crippen LogP contribution >= 0.6 is 11.3 Å². The van der Waals surface area contributed by atoms with Gasteiger partial charge in [-0.25, -0.2) is 4.79 Å². The Morgan fingerprint density at radius 1 is 1.56 bits per heavy atom. The first-order valence-corrected chi connectivity index (χ1v) is 7.32. The minimum absolute atomic E-state index is 0.140. The highest BCUT2D eigenvalue weighted by atomic mass is 32.1. The van der Waals surface area contributed by atoms with Crippen LogP contribution in [0.1, 0.15) is 43.7 Å². The Bertz CT molecular complexity index is 420. The quantitative estimate of drug-likeness (QED) is 0.856. The van der Waals surface area contributed by atoms with Crippen LogP contribution < -0.4 is 5.32 Å². The minimum atomic E-state index is -0.264. The molecule has 0 spiro atoms. The van der Waals surface area contributed by atoms with Gasteiger partial charge in [0, 0.05) is 11.4 Å². The van der Waals surface area contributed by atoms with Crippen LogP contribution in [0.2, 0.25) is 0 Å². The molecule has 1 aromatic heterocycles. The van der Waals surface area contributed by atoms with Gasteiger partial charge in [0.05, 0.1) is 6.61 Å². The van der Waals surface area contributed by atoms with Crippen molar-refractivity contribution in [3.8, 4) is 0 Å². The highest BCUT2D eigenvalue weighted by Gasteiger charge is 2.28. The molecule has 0 saturated heterocycles. The normalized spacial score (nSPS) is 19.4. The number of thiophene rings is 1. The van der Waals surface area contributed by atoms with Gasteiger partial charge in [-0.3, -0.25) is 0 Å². The number of fused-ring (bicyclic) bond motifs is 1. The molecule has 0 fully saturated rings. The zero-order valence-electron chi connectivity index (χ0n) is 11.3. The summed E-state index contributed by atoms with van der Waals surface area (Å²) in [6.45, 7) is 7.80. The average molecular weight is 267 g/mol. The number of ether oxygens (including phenoxy) is 1. The Morgan fingerprint density at radius 3 is 3.06 bits per heavy atom. The van der Waals surface area contributed by atoms with Gasteiger partial charge in [0.25, 0.3) is 0 Å². The standard InChI is InChI=1S/C14H21NO2S/c1-14(2,3)6-8-17-13(16)12-10-5-9-18-11(10)4-7-15-12/h5,9,12,15H,4,6-8H2,1-3H3. The van der Waals surface area contributed by atoms with Crippen molar-refractivity contribution in [1.29, 1.82) is 0 Å². The molecule has 1 unspecified atom stereocenters. The third kappa shape index (κ3) is 3.33. The molecule has 0 aliphatic carbocycles. The number of hydrogen-bond acceptors (Lipinski definition) is 4. The van der Waals surface area contributed by atoms with E-state index in [9.17, 15) is 4.79 Å². The van der Waals surface area contributed by atoms with E-state index >= 15 is 0 Å². The van der Waals surface area contributed by atoms with Crippen LogP contribution in [0.25, 0.3) is 0 Å². The molecule has 0 aromatic carbocycles. The van der Waals surface area contributed by atoms with Crippen LogP contribution in [-0.4, -0.2) is 19.1 Å². The number of rotatable bonds is 3. The van der Waals surface area contributed by atoms with Gasteiger partial charge < -0.3 is 10.1 Å². The average Bonchev–Trinajstić information content (AvgIpc) is 2.74. The zero-order chi connectivity index (χ0) is 13.2. The monoisotopic (exact) mass is 267 g/mol. The Balaban J connectivity index is 1.91. The number of esters is 1. The molecule has 2 heterocycles. The molecule has 0 bridgehead atoms. The Hall–Kier alpha value is -0.870. The van der Waals surface area contributed by atoms with Gasteiger partial charge in [-0.2, -0.15) is 0 Å². The van der Waals surface area contributed by atoms with Gasteiger partial charge >= 0.3 is 5.97 Å². The Kier molecular flexibility index (Phi) is 4.07. The summed E-state index contributed by atoms with van der Waals surface area (Å²) in [7, 11) is 0. The maximum Gasteiger partial charge on any atom is 0.327 e. The molecule has 2 rings (SSSR count). The van der Waals surface area contributed by atoms with Crippen molar-refractivity contribution in [1.82, 2.24) is 5.32 Å². The lowest BCUT2D eigenvalue weighted by Gasteiger charge is -2.24. The van der Waals surface area contributed by atoms with Crippen molar-refractivity contribution in [3.63, 3.8) is 0 Å². The SMILES string of the molecule is CC(C)(C)CCOC(=O)C1NCCc2sccc21. The molecule has 1 aromatic rings. The fourth-order valence-electron chi connectivity index (χ4n) is 2.00. The molecule has 1 aliphatic heterocycles. The molecule has 1 aliphatic rings. The van der Waals surface area contributed by atoms with E-state index in [2.05, 4.69) is 26.1 Å². The molecule has 0 radical (unpaired) electrons. The van der Waals surface area contributed by atoms with Crippen molar-refractivity contribution >= 4 is 17.3 Å². The molecule has 1 atom stereocenters. The lowest BCUT2D eigenvalue weighted by molar-refractivity contribution is -0.147. The van der Waals surface area contributed by atoms with Gasteiger partial charge in [-0.15, -0.1) is 11.3 Å². The molecular formula is C14H21NO2S. The van der Waals surface area contributed by atoms with Crippen molar-refractivity contribution in [2.24, 2.45) is 5.41 Å². The topological polar surface area (TPSA) is 38.3 Å². The smallest absolute Gasteiger partial charge is 0.327 e. The van der Waals surface area contributed by atoms with E-state index in [1.165, 1.54) is 4.88 Å². The van der Waals surface area contributed by atoms with Crippen LogP contribution in [0.15, 0.2) is 11.4 Å². The van der Waals surface area contributed by atoms with Crippen molar-refractivity contribution in [3.05, 3.63) is 21.9 Å². The molecular weight excluding hydrogens is 246 g/mol. The first kappa shape index (κ1) is 13.6. The van der Waals surface area contributed by atoms with Gasteiger partial charge in [0.15, 0.2) is 0 Å². The summed E-state index contributed by atoms with van der Waals surface area (Å²) < 4.78 is 5.39. The Morgan fingerprint density at radius 2 is 2.33 bits per heavy atom. The highest BCUT2D eigenvalue weighted by molar-refractivity contribution is 7.10. The molecule has 0 amide bonds. The third-order valence-corrected chi connectivity index (χ3v) is 4.12. The van der Waals surface area contributed by atoms with E-state index in [-0.39, 0.29) is 17.4 Å². The van der Waals surface area contributed by atoms with E-state index in [1.807, 2.05) is 11.4 Å². The zero-order valence-corrected chi connectivity index (χ0v) is 12.1. The lowest BCUT2D eigenvalue weighted by atomic mass is 9.93. The summed E-state index contributed by atoms with van der Waals surface area (Å²) in [4.78, 5) is 13.4. The van der Waals surface area contributed by atoms with E-state index in [0.717, 1.165) is 24.9 Å². The van der Waals surface area contributed by atoms with Gasteiger partial charge in [-0.1, -0.05) is 20.8 Å². The largest absolute Gasteiger partial charge is 0.464 e. The van der Waals surface area contributed by atoms with Crippen LogP contribution in [0.5, 0.6) is 0 Å². The predicted octanol–water partition coefficient (Wildman–Crippen LogP) is 2.91. The van der Waals surface area contributed by atoms with E-state index in [1.54, 1.807) is 11.3 Å². The van der Waals surface area contributed by atoms with Crippen molar-refractivity contribution in [2.45, 2.75) is 39.7 Å². The summed E-state index contributed by atoms with van der Waals surface area (Å²) >= 11 is 1.73. The maximum absolute atomic E-state index is 12.1. The highest BCUT2D eigenvalue weighted by Crippen LogP contribution is 2.28. The summed E-state index contributed by atoms with van der Waals surface area (Å²) in [5, 5.41) is 5.29. The number of carbonyl (C=O) groups is 1. The third-order valence-electron chi connectivity index (χ3n) is 3.12. The molecule has 0 saturated carbocycles. The fourth-order valence-corrected chi connectivity index (χ4v) is 2.92. The van der Waals surface area contributed by atoms with Crippen molar-refractivity contribution in [2.75, 3.05) is 13.2 Å². The van der Waals surface area contributed by atoms with Gasteiger partial charge in [-0.05, 0) is 35.3 Å². The van der Waals surface area contributed by atoms with Crippen LogP contribution in [0, 0.1) is 5.41 Å². The summed E-state index contributed by atoms with van der Waals surface area (Å²) in [5.74, 6) is -0.140. The lowest BCUT2D eigenvalue weighted by Crippen LogP contribution is -2.35. The number of hydrogen-bond donors (Lipinski definition) is 1. The molecule has 18 heavy (non-hydrogen) atoms. The first-order valence-electron chi connectivity index (χ1n) is 6.44. The van der Waals surface area contributed by atoms with Gasteiger partial charge in [0.2, 0.25) is 0 Å². The molecule has 1 N–H and O–H groups in total. The van der Waals surface area contributed by atoms with Crippen LogP contribution in [0.3, 0.4) is 0 Å². The Labute approximate surface area is 113 Å². The second kappa shape index (κ2) is 5.41. The molecule has 4 heteroatoms. The molecule has 3 nitrogen and oxygen atoms in total. The predicted molar refractivity (Wildman–Crippen MR) is 73.8 cm³/mol. The molecule has 100 valence electrons. The van der Waals surface area contributed by atoms with Crippen LogP contribution in [-0.2, 0) is 16.0 Å². The first-order chi connectivity index (χ1) is 8.47. The van der Waals surface area contributed by atoms with Crippen molar-refractivity contribution < 1.29 is 9.53 Å². The number of nitrogens with one attached hydrogen (secondary N) is 1. The van der Waals surface area contributed by atoms with E-state index in [4.69, 9.17) is 4.74 Å². The minimum Gasteiger partial charge on any atom is -0.464 e. The summed E-state index contributed by atoms with van der Waals surface area (Å²) in [6.07, 6.45) is 1.90. The van der Waals surface area contributed by atoms with E-state index < -0.39 is 0 Å². The van der Waals surface area contributed by atoms with E-state index in [0.29, 0.717) is 6.61 Å². The summed E-state index contributed by atoms with van der Waals surface area (Å²) in [6, 6.07) is 1.77. The number of carbonyl (C=O) groups excluding carboxylic acids is 1. The fraction of sp³-hybridized carbons (Fsp3) is 0.643. The summed E-state index contributed by atoms with van der Waals surface area (Å²) in [5.41, 5.74) is 1.31.